The van der Waals surface area contributed by atoms with Gasteiger partial charge in [0.25, 0.3) is 11.9 Å². The number of anilines is 1. The molecule has 3 aliphatic heterocycles. The molecule has 0 aliphatic carbocycles. The normalized spacial score (nSPS) is 27.0. The number of fused-ring (bicyclic) bond motifs is 4. The molecule has 1 N–H and O–H groups in total. The Bertz CT molecular complexity index is 1330. The molecule has 7 nitrogen and oxygen atoms in total. The number of nitrogens with zero attached hydrogens (tertiary/aromatic N) is 2. The van der Waals surface area contributed by atoms with E-state index in [1.165, 1.54) is 12.1 Å². The topological polar surface area (TPSA) is 84.7 Å². The highest BCUT2D eigenvalue weighted by Crippen LogP contribution is 2.58. The van der Waals surface area contributed by atoms with Crippen molar-refractivity contribution in [3.63, 3.8) is 0 Å². The molecule has 178 valence electrons. The summed E-state index contributed by atoms with van der Waals surface area (Å²) in [5, 5.41) is 15.7. The van der Waals surface area contributed by atoms with Crippen molar-refractivity contribution < 1.29 is 18.8 Å². The lowest BCUT2D eigenvalue weighted by Gasteiger charge is -2.32. The van der Waals surface area contributed by atoms with Gasteiger partial charge in [-0.05, 0) is 42.7 Å². The van der Waals surface area contributed by atoms with Gasteiger partial charge in [-0.3, -0.25) is 19.8 Å². The number of carbonyl (C=O) groups excluding carboxylic acids is 1. The molecular formula is C27H24FN3O4. The fourth-order valence-electron chi connectivity index (χ4n) is 6.42. The predicted molar refractivity (Wildman–Crippen MR) is 127 cm³/mol. The molecule has 6 rings (SSSR count). The summed E-state index contributed by atoms with van der Waals surface area (Å²) in [6.07, 6.45) is 1.61. The molecule has 3 aromatic rings. The molecule has 35 heavy (non-hydrogen) atoms. The third-order valence-electron chi connectivity index (χ3n) is 7.66. The van der Waals surface area contributed by atoms with Gasteiger partial charge in [-0.2, -0.15) is 0 Å². The number of halogens is 1. The summed E-state index contributed by atoms with van der Waals surface area (Å²) in [6, 6.07) is 19.4. The quantitative estimate of drug-likeness (QED) is 0.437. The van der Waals surface area contributed by atoms with Crippen molar-refractivity contribution in [3.05, 3.63) is 105 Å². The number of nitrogens with one attached hydrogen (secondary N) is 1. The number of amides is 1. The first kappa shape index (κ1) is 21.7. The molecule has 2 fully saturated rings. The minimum atomic E-state index is -1.37. The average molecular weight is 474 g/mol. The van der Waals surface area contributed by atoms with Crippen LogP contribution in [0.4, 0.5) is 10.1 Å². The number of benzene rings is 3. The molecule has 2 saturated heterocycles. The first-order chi connectivity index (χ1) is 17.0. The molecule has 3 aliphatic rings. The Morgan fingerprint density at radius 3 is 2.74 bits per heavy atom. The largest absolute Gasteiger partial charge is 0.489 e. The van der Waals surface area contributed by atoms with Crippen molar-refractivity contribution in [1.82, 2.24) is 4.90 Å². The summed E-state index contributed by atoms with van der Waals surface area (Å²) in [5.41, 5.74) is 1.30. The lowest BCUT2D eigenvalue weighted by atomic mass is 9.77. The Balaban J connectivity index is 1.46. The van der Waals surface area contributed by atoms with Gasteiger partial charge in [0.2, 0.25) is 0 Å². The minimum Gasteiger partial charge on any atom is -0.489 e. The molecule has 4 atom stereocenters. The summed E-state index contributed by atoms with van der Waals surface area (Å²) in [7, 11) is 0. The smallest absolute Gasteiger partial charge is 0.256 e. The van der Waals surface area contributed by atoms with E-state index in [-0.39, 0.29) is 29.3 Å². The van der Waals surface area contributed by atoms with Crippen LogP contribution in [0.1, 0.15) is 35.4 Å². The molecule has 0 radical (unpaired) electrons. The van der Waals surface area contributed by atoms with E-state index < -0.39 is 17.5 Å². The fraction of sp³-hybridized carbons (Fsp3) is 0.296. The summed E-state index contributed by atoms with van der Waals surface area (Å²) in [5.74, 6) is -0.719. The lowest BCUT2D eigenvalue weighted by Crippen LogP contribution is -2.55. The van der Waals surface area contributed by atoms with E-state index in [1.54, 1.807) is 24.3 Å². The van der Waals surface area contributed by atoms with E-state index in [0.29, 0.717) is 34.7 Å². The van der Waals surface area contributed by atoms with Crippen LogP contribution in [0.25, 0.3) is 0 Å². The van der Waals surface area contributed by atoms with Gasteiger partial charge in [0.05, 0.1) is 5.92 Å². The van der Waals surface area contributed by atoms with Gasteiger partial charge in [-0.1, -0.05) is 48.5 Å². The number of carbonyl (C=O) groups is 1. The highest BCUT2D eigenvalue weighted by molar-refractivity contribution is 6.07. The van der Waals surface area contributed by atoms with Crippen LogP contribution in [0.3, 0.4) is 0 Å². The monoisotopic (exact) mass is 473 g/mol. The van der Waals surface area contributed by atoms with E-state index in [9.17, 15) is 19.3 Å². The van der Waals surface area contributed by atoms with Gasteiger partial charge in [-0.15, -0.1) is 0 Å². The zero-order chi connectivity index (χ0) is 24.2. The van der Waals surface area contributed by atoms with Crippen molar-refractivity contribution in [1.29, 1.82) is 0 Å². The van der Waals surface area contributed by atoms with E-state index in [2.05, 4.69) is 10.2 Å². The Morgan fingerprint density at radius 1 is 1.11 bits per heavy atom. The van der Waals surface area contributed by atoms with Gasteiger partial charge in [0.15, 0.2) is 5.54 Å². The third-order valence-corrected chi connectivity index (χ3v) is 7.66. The second-order valence-electron chi connectivity index (χ2n) is 9.38. The second kappa shape index (κ2) is 8.16. The van der Waals surface area contributed by atoms with Crippen molar-refractivity contribution in [2.24, 2.45) is 0 Å². The first-order valence-corrected chi connectivity index (χ1v) is 11.8. The van der Waals surface area contributed by atoms with Gasteiger partial charge >= 0.3 is 0 Å². The highest BCUT2D eigenvalue weighted by atomic mass is 19.1. The zero-order valence-corrected chi connectivity index (χ0v) is 18.9. The van der Waals surface area contributed by atoms with Crippen LogP contribution in [0.5, 0.6) is 5.75 Å². The fourth-order valence-corrected chi connectivity index (χ4v) is 6.42. The third kappa shape index (κ3) is 3.16. The summed E-state index contributed by atoms with van der Waals surface area (Å²) >= 11 is 0. The first-order valence-electron chi connectivity index (χ1n) is 11.8. The minimum absolute atomic E-state index is 0.132. The van der Waals surface area contributed by atoms with Gasteiger partial charge in [-0.25, -0.2) is 4.39 Å². The highest BCUT2D eigenvalue weighted by Gasteiger charge is 2.73. The Labute approximate surface area is 201 Å². The number of hydrogen-bond donors (Lipinski definition) is 1. The standard InChI is InChI=1S/C27H24FN3O4/c28-18-8-5-7-17(15-18)16-35-23-13-4-1-9-19(23)24-22-12-6-14-30(22)27(25(24)31(33)34)20-10-2-3-11-21(20)29-26(27)32/h1-5,7-11,13,15,22,24-25H,6,12,14,16H2,(H,29,32)/t22-,24-,25+,27-/m0/s1. The maximum Gasteiger partial charge on any atom is 0.256 e. The predicted octanol–water partition coefficient (Wildman–Crippen LogP) is 4.46. The maximum atomic E-state index is 13.7. The van der Waals surface area contributed by atoms with Crippen LogP contribution in [-0.4, -0.2) is 34.4 Å². The van der Waals surface area contributed by atoms with Gasteiger partial charge in [0.1, 0.15) is 18.2 Å². The van der Waals surface area contributed by atoms with E-state index in [0.717, 1.165) is 12.8 Å². The van der Waals surface area contributed by atoms with Crippen LogP contribution in [-0.2, 0) is 16.9 Å². The lowest BCUT2D eigenvalue weighted by molar-refractivity contribution is -0.534. The number of hydrogen-bond acceptors (Lipinski definition) is 5. The molecule has 0 unspecified atom stereocenters. The SMILES string of the molecule is O=C1Nc2ccccc2[C@]12[C@H]([N+](=O)[O-])[C@@H](c1ccccc1OCc1cccc(F)c1)[C@@H]1CCCN12. The van der Waals surface area contributed by atoms with Crippen LogP contribution in [0.15, 0.2) is 72.8 Å². The van der Waals surface area contributed by atoms with Crippen LogP contribution in [0, 0.1) is 15.9 Å². The van der Waals surface area contributed by atoms with Crippen molar-refractivity contribution in [2.45, 2.75) is 43.0 Å². The molecule has 3 heterocycles. The Morgan fingerprint density at radius 2 is 1.91 bits per heavy atom. The molecule has 0 aromatic heterocycles. The van der Waals surface area contributed by atoms with Crippen LogP contribution < -0.4 is 10.1 Å². The molecule has 3 aromatic carbocycles. The Kier molecular flexibility index (Phi) is 5.07. The summed E-state index contributed by atoms with van der Waals surface area (Å²) < 4.78 is 19.8. The van der Waals surface area contributed by atoms with E-state index >= 15 is 0 Å². The number of ether oxygens (including phenoxy) is 1. The zero-order valence-electron chi connectivity index (χ0n) is 18.9. The number of nitro groups is 1. The summed E-state index contributed by atoms with van der Waals surface area (Å²) in [4.78, 5) is 28.1. The van der Waals surface area contributed by atoms with E-state index in [1.807, 2.05) is 36.4 Å². The molecular weight excluding hydrogens is 449 g/mol. The Hall–Kier alpha value is -3.78. The average Bonchev–Trinajstić information content (AvgIpc) is 3.51. The maximum absolute atomic E-state index is 13.7. The van der Waals surface area contributed by atoms with Crippen molar-refractivity contribution in [2.75, 3.05) is 11.9 Å². The summed E-state index contributed by atoms with van der Waals surface area (Å²) in [6.45, 7) is 0.743. The van der Waals surface area contributed by atoms with Crippen LogP contribution >= 0.6 is 0 Å². The number of rotatable bonds is 5. The van der Waals surface area contributed by atoms with Gasteiger partial charge < -0.3 is 10.1 Å². The second-order valence-corrected chi connectivity index (χ2v) is 9.38. The molecule has 8 heteroatoms. The van der Waals surface area contributed by atoms with Gasteiger partial charge in [0, 0.05) is 34.3 Å². The molecule has 0 saturated carbocycles. The van der Waals surface area contributed by atoms with Crippen LogP contribution in [0.2, 0.25) is 0 Å². The van der Waals surface area contributed by atoms with Crippen molar-refractivity contribution in [3.8, 4) is 5.75 Å². The molecule has 0 bridgehead atoms. The molecule has 1 spiro atoms. The number of para-hydroxylation sites is 2. The molecule has 1 amide bonds. The van der Waals surface area contributed by atoms with Crippen molar-refractivity contribution >= 4 is 11.6 Å². The van der Waals surface area contributed by atoms with E-state index in [4.69, 9.17) is 4.74 Å².